The van der Waals surface area contributed by atoms with Crippen LogP contribution in [0.25, 0.3) is 11.1 Å². The molecule has 0 heterocycles. The van der Waals surface area contributed by atoms with Crippen molar-refractivity contribution in [3.8, 4) is 28.4 Å². The van der Waals surface area contributed by atoms with Gasteiger partial charge in [0.15, 0.2) is 18.1 Å². The smallest absolute Gasteiger partial charge is 0.277 e. The number of nitrogens with one attached hydrogen (secondary N) is 1. The van der Waals surface area contributed by atoms with E-state index in [-0.39, 0.29) is 23.7 Å². The zero-order valence-corrected chi connectivity index (χ0v) is 14.4. The van der Waals surface area contributed by atoms with Crippen molar-refractivity contribution in [3.63, 3.8) is 0 Å². The molecule has 0 atom stereocenters. The Bertz CT molecular complexity index is 955. The van der Waals surface area contributed by atoms with Crippen molar-refractivity contribution in [3.05, 3.63) is 78.4 Å². The molecule has 0 aliphatic rings. The summed E-state index contributed by atoms with van der Waals surface area (Å²) in [5.74, 6) is -0.420. The van der Waals surface area contributed by atoms with E-state index in [1.807, 2.05) is 48.5 Å². The molecule has 0 radical (unpaired) electrons. The van der Waals surface area contributed by atoms with Crippen LogP contribution in [0.3, 0.4) is 0 Å². The number of carbonyl (C=O) groups is 1. The second-order valence-corrected chi connectivity index (χ2v) is 5.66. The highest BCUT2D eigenvalue weighted by atomic mass is 16.5. The number of phenols is 2. The molecule has 3 rings (SSSR count). The second-order valence-electron chi connectivity index (χ2n) is 5.66. The average molecular weight is 362 g/mol. The Balaban J connectivity index is 1.60. The highest BCUT2D eigenvalue weighted by molar-refractivity contribution is 5.86. The molecule has 136 valence electrons. The SMILES string of the molecule is O=C(COc1ccccc1-c1ccccc1)N/N=C/c1cccc(O)c1O. The number of hydrazone groups is 1. The Hall–Kier alpha value is -3.80. The molecule has 6 heteroatoms. The average Bonchev–Trinajstić information content (AvgIpc) is 2.70. The van der Waals surface area contributed by atoms with Crippen LogP contribution in [0.1, 0.15) is 5.56 Å². The maximum Gasteiger partial charge on any atom is 0.277 e. The molecule has 0 saturated heterocycles. The highest BCUT2D eigenvalue weighted by Gasteiger charge is 2.08. The Morgan fingerprint density at radius 2 is 1.70 bits per heavy atom. The van der Waals surface area contributed by atoms with Crippen molar-refractivity contribution in [2.45, 2.75) is 0 Å². The van der Waals surface area contributed by atoms with Gasteiger partial charge in [-0.2, -0.15) is 5.10 Å². The number of rotatable bonds is 6. The third-order valence-electron chi connectivity index (χ3n) is 3.77. The van der Waals surface area contributed by atoms with Crippen LogP contribution in [0, 0.1) is 0 Å². The van der Waals surface area contributed by atoms with E-state index < -0.39 is 5.91 Å². The Kier molecular flexibility index (Phi) is 5.69. The standard InChI is InChI=1S/C21H18N2O4/c24-18-11-6-9-16(21(18)26)13-22-23-20(25)14-27-19-12-5-4-10-17(19)15-7-2-1-3-8-15/h1-13,24,26H,14H2,(H,23,25)/b22-13+. The molecule has 0 aliphatic heterocycles. The second kappa shape index (κ2) is 8.53. The summed E-state index contributed by atoms with van der Waals surface area (Å²) in [6.45, 7) is -0.215. The normalized spacial score (nSPS) is 10.7. The summed E-state index contributed by atoms with van der Waals surface area (Å²) < 4.78 is 5.62. The number of hydrogen-bond donors (Lipinski definition) is 3. The summed E-state index contributed by atoms with van der Waals surface area (Å²) in [5, 5.41) is 22.9. The quantitative estimate of drug-likeness (QED) is 0.356. The van der Waals surface area contributed by atoms with Gasteiger partial charge in [0, 0.05) is 11.1 Å². The number of amides is 1. The molecule has 0 spiro atoms. The number of nitrogens with zero attached hydrogens (tertiary/aromatic N) is 1. The molecule has 3 aromatic rings. The number of ether oxygens (including phenoxy) is 1. The Labute approximate surface area is 156 Å². The molecule has 6 nitrogen and oxygen atoms in total. The summed E-state index contributed by atoms with van der Waals surface area (Å²) in [6, 6.07) is 21.7. The number of phenolic OH excluding ortho intramolecular Hbond substituents is 2. The van der Waals surface area contributed by atoms with E-state index in [4.69, 9.17) is 4.74 Å². The van der Waals surface area contributed by atoms with Crippen molar-refractivity contribution in [2.24, 2.45) is 5.10 Å². The van der Waals surface area contributed by atoms with Gasteiger partial charge in [0.05, 0.1) is 6.21 Å². The minimum Gasteiger partial charge on any atom is -0.504 e. The lowest BCUT2D eigenvalue weighted by Crippen LogP contribution is -2.24. The molecule has 0 unspecified atom stereocenters. The van der Waals surface area contributed by atoms with Crippen molar-refractivity contribution < 1.29 is 19.7 Å². The number of hydrogen-bond acceptors (Lipinski definition) is 5. The van der Waals surface area contributed by atoms with Crippen molar-refractivity contribution in [1.29, 1.82) is 0 Å². The molecular formula is C21H18N2O4. The van der Waals surface area contributed by atoms with Gasteiger partial charge in [0.2, 0.25) is 0 Å². The van der Waals surface area contributed by atoms with E-state index in [1.165, 1.54) is 12.3 Å². The fourth-order valence-electron chi connectivity index (χ4n) is 2.45. The van der Waals surface area contributed by atoms with Gasteiger partial charge < -0.3 is 14.9 Å². The van der Waals surface area contributed by atoms with Crippen LogP contribution in [0.5, 0.6) is 17.2 Å². The minimum atomic E-state index is -0.450. The molecule has 0 fully saturated rings. The molecule has 3 N–H and O–H groups in total. The summed E-state index contributed by atoms with van der Waals surface area (Å²) in [6.07, 6.45) is 1.24. The van der Waals surface area contributed by atoms with Crippen molar-refractivity contribution in [2.75, 3.05) is 6.61 Å². The van der Waals surface area contributed by atoms with Crippen molar-refractivity contribution in [1.82, 2.24) is 5.43 Å². The summed E-state index contributed by atoms with van der Waals surface area (Å²) >= 11 is 0. The summed E-state index contributed by atoms with van der Waals surface area (Å²) in [7, 11) is 0. The lowest BCUT2D eigenvalue weighted by Gasteiger charge is -2.10. The molecule has 0 saturated carbocycles. The van der Waals surface area contributed by atoms with Crippen LogP contribution in [-0.4, -0.2) is 28.9 Å². The van der Waals surface area contributed by atoms with Gasteiger partial charge in [-0.05, 0) is 23.8 Å². The molecule has 27 heavy (non-hydrogen) atoms. The first-order valence-electron chi connectivity index (χ1n) is 8.25. The van der Waals surface area contributed by atoms with Gasteiger partial charge in [-0.3, -0.25) is 4.79 Å². The van der Waals surface area contributed by atoms with Gasteiger partial charge in [0.1, 0.15) is 5.75 Å². The molecule has 3 aromatic carbocycles. The van der Waals surface area contributed by atoms with Crippen LogP contribution in [0.2, 0.25) is 0 Å². The van der Waals surface area contributed by atoms with Gasteiger partial charge in [-0.1, -0.05) is 54.6 Å². The van der Waals surface area contributed by atoms with Gasteiger partial charge in [-0.25, -0.2) is 5.43 Å². The van der Waals surface area contributed by atoms with E-state index in [1.54, 1.807) is 18.2 Å². The van der Waals surface area contributed by atoms with Crippen LogP contribution < -0.4 is 10.2 Å². The van der Waals surface area contributed by atoms with Crippen LogP contribution in [0.15, 0.2) is 77.9 Å². The van der Waals surface area contributed by atoms with E-state index in [0.29, 0.717) is 5.75 Å². The summed E-state index contributed by atoms with van der Waals surface area (Å²) in [5.41, 5.74) is 4.48. The number of para-hydroxylation sites is 2. The third-order valence-corrected chi connectivity index (χ3v) is 3.77. The number of aromatic hydroxyl groups is 2. The monoisotopic (exact) mass is 362 g/mol. The topological polar surface area (TPSA) is 91.2 Å². The zero-order valence-electron chi connectivity index (χ0n) is 14.4. The van der Waals surface area contributed by atoms with E-state index in [9.17, 15) is 15.0 Å². The lowest BCUT2D eigenvalue weighted by atomic mass is 10.1. The molecular weight excluding hydrogens is 344 g/mol. The maximum absolute atomic E-state index is 11.9. The lowest BCUT2D eigenvalue weighted by molar-refractivity contribution is -0.123. The van der Waals surface area contributed by atoms with Gasteiger partial charge in [0.25, 0.3) is 5.91 Å². The largest absolute Gasteiger partial charge is 0.504 e. The third kappa shape index (κ3) is 4.64. The van der Waals surface area contributed by atoms with Crippen LogP contribution in [-0.2, 0) is 4.79 Å². The molecule has 0 bridgehead atoms. The minimum absolute atomic E-state index is 0.215. The fourth-order valence-corrected chi connectivity index (χ4v) is 2.45. The fraction of sp³-hybridized carbons (Fsp3) is 0.0476. The van der Waals surface area contributed by atoms with E-state index in [0.717, 1.165) is 11.1 Å². The van der Waals surface area contributed by atoms with Gasteiger partial charge >= 0.3 is 0 Å². The van der Waals surface area contributed by atoms with Crippen molar-refractivity contribution >= 4 is 12.1 Å². The van der Waals surface area contributed by atoms with Crippen LogP contribution in [0.4, 0.5) is 0 Å². The zero-order chi connectivity index (χ0) is 19.1. The Morgan fingerprint density at radius 1 is 0.963 bits per heavy atom. The first kappa shape index (κ1) is 18.0. The van der Waals surface area contributed by atoms with E-state index in [2.05, 4.69) is 10.5 Å². The van der Waals surface area contributed by atoms with Crippen LogP contribution >= 0.6 is 0 Å². The molecule has 0 aromatic heterocycles. The highest BCUT2D eigenvalue weighted by Crippen LogP contribution is 2.29. The first-order valence-corrected chi connectivity index (χ1v) is 8.25. The Morgan fingerprint density at radius 3 is 2.52 bits per heavy atom. The number of benzene rings is 3. The van der Waals surface area contributed by atoms with Gasteiger partial charge in [-0.15, -0.1) is 0 Å². The molecule has 1 amide bonds. The molecule has 0 aliphatic carbocycles. The summed E-state index contributed by atoms with van der Waals surface area (Å²) in [4.78, 5) is 11.9. The predicted molar refractivity (Wildman–Crippen MR) is 103 cm³/mol. The number of carbonyl (C=O) groups excluding carboxylic acids is 1. The van der Waals surface area contributed by atoms with E-state index >= 15 is 0 Å². The first-order chi connectivity index (χ1) is 13.1. The predicted octanol–water partition coefficient (Wildman–Crippen LogP) is 3.29. The maximum atomic E-state index is 11.9.